The summed E-state index contributed by atoms with van der Waals surface area (Å²) in [6.07, 6.45) is 1.33. The summed E-state index contributed by atoms with van der Waals surface area (Å²) in [5, 5.41) is 12.2. The van der Waals surface area contributed by atoms with Crippen molar-refractivity contribution in [2.45, 2.75) is 30.6 Å². The number of anilines is 2. The third-order valence-corrected chi connectivity index (χ3v) is 7.15. The zero-order valence-corrected chi connectivity index (χ0v) is 18.5. The van der Waals surface area contributed by atoms with Crippen molar-refractivity contribution < 1.29 is 14.0 Å². The van der Waals surface area contributed by atoms with E-state index in [4.69, 9.17) is 0 Å². The van der Waals surface area contributed by atoms with Crippen LogP contribution in [-0.4, -0.2) is 34.3 Å². The molecule has 0 bridgehead atoms. The number of nitrogens with zero attached hydrogens (tertiary/aromatic N) is 3. The van der Waals surface area contributed by atoms with Crippen LogP contribution in [0, 0.1) is 5.82 Å². The molecule has 1 aromatic heterocycles. The molecular formula is C22H21FN4O2S2. The van der Waals surface area contributed by atoms with Crippen LogP contribution in [0.1, 0.15) is 41.0 Å². The van der Waals surface area contributed by atoms with Crippen molar-refractivity contribution >= 4 is 45.7 Å². The number of nitrogens with one attached hydrogen (secondary N) is 1. The summed E-state index contributed by atoms with van der Waals surface area (Å²) in [6, 6.07) is 13.4. The molecule has 0 aliphatic carbocycles. The van der Waals surface area contributed by atoms with Crippen molar-refractivity contribution in [1.82, 2.24) is 10.2 Å². The van der Waals surface area contributed by atoms with Gasteiger partial charge in [-0.3, -0.25) is 14.9 Å². The van der Waals surface area contributed by atoms with E-state index in [-0.39, 0.29) is 23.5 Å². The number of halogens is 1. The SMILES string of the molecule is CCCSc1ccccc1C(=O)Nc1nnc(C2CC(=O)N(c3ccc(F)cc3)C2)s1. The second kappa shape index (κ2) is 9.57. The first-order valence-electron chi connectivity index (χ1n) is 9.97. The van der Waals surface area contributed by atoms with Crippen LogP contribution in [0.3, 0.4) is 0 Å². The highest BCUT2D eigenvalue weighted by Crippen LogP contribution is 2.34. The molecule has 2 aromatic carbocycles. The van der Waals surface area contributed by atoms with Gasteiger partial charge in [-0.05, 0) is 48.6 Å². The molecule has 1 atom stereocenters. The number of amides is 2. The lowest BCUT2D eigenvalue weighted by molar-refractivity contribution is -0.117. The quantitative estimate of drug-likeness (QED) is 0.509. The van der Waals surface area contributed by atoms with Crippen molar-refractivity contribution in [1.29, 1.82) is 0 Å². The van der Waals surface area contributed by atoms with Crippen LogP contribution in [0.15, 0.2) is 53.4 Å². The van der Waals surface area contributed by atoms with Crippen LogP contribution in [0.4, 0.5) is 15.2 Å². The number of hydrogen-bond donors (Lipinski definition) is 1. The molecule has 4 rings (SSSR count). The van der Waals surface area contributed by atoms with Crippen molar-refractivity contribution in [3.05, 3.63) is 64.9 Å². The van der Waals surface area contributed by atoms with E-state index in [0.29, 0.717) is 34.4 Å². The van der Waals surface area contributed by atoms with Gasteiger partial charge >= 0.3 is 0 Å². The van der Waals surface area contributed by atoms with Crippen molar-refractivity contribution in [3.8, 4) is 0 Å². The molecule has 6 nitrogen and oxygen atoms in total. The zero-order chi connectivity index (χ0) is 21.8. The summed E-state index contributed by atoms with van der Waals surface area (Å²) in [4.78, 5) is 27.8. The molecule has 1 N–H and O–H groups in total. The van der Waals surface area contributed by atoms with Gasteiger partial charge in [-0.1, -0.05) is 30.4 Å². The molecule has 1 unspecified atom stereocenters. The Morgan fingerprint density at radius 1 is 1.23 bits per heavy atom. The van der Waals surface area contributed by atoms with Crippen LogP contribution >= 0.6 is 23.1 Å². The van der Waals surface area contributed by atoms with Gasteiger partial charge in [0.1, 0.15) is 10.8 Å². The molecule has 1 aliphatic heterocycles. The van der Waals surface area contributed by atoms with E-state index in [1.165, 1.54) is 23.5 Å². The van der Waals surface area contributed by atoms with Crippen molar-refractivity contribution in [2.24, 2.45) is 0 Å². The third-order valence-electron chi connectivity index (χ3n) is 4.87. The topological polar surface area (TPSA) is 75.2 Å². The Hall–Kier alpha value is -2.78. The van der Waals surface area contributed by atoms with Gasteiger partial charge in [0, 0.05) is 29.5 Å². The first-order valence-corrected chi connectivity index (χ1v) is 11.8. The summed E-state index contributed by atoms with van der Waals surface area (Å²) >= 11 is 2.93. The Bertz CT molecular complexity index is 1090. The Kier molecular flexibility index (Phi) is 6.62. The number of aromatic nitrogens is 2. The first-order chi connectivity index (χ1) is 15.0. The minimum atomic E-state index is -0.342. The van der Waals surface area contributed by atoms with Gasteiger partial charge < -0.3 is 4.90 Å². The lowest BCUT2D eigenvalue weighted by Crippen LogP contribution is -2.24. The fourth-order valence-electron chi connectivity index (χ4n) is 3.35. The predicted octanol–water partition coefficient (Wildman–Crippen LogP) is 4.95. The molecule has 1 fully saturated rings. The standard InChI is InChI=1S/C22H21FN4O2S2/c1-2-11-30-18-6-4-3-5-17(18)20(29)24-22-26-25-21(31-22)14-12-19(28)27(13-14)16-9-7-15(23)8-10-16/h3-10,14H,2,11-13H2,1H3,(H,24,26,29). The van der Waals surface area contributed by atoms with Gasteiger partial charge in [0.15, 0.2) is 0 Å². The van der Waals surface area contributed by atoms with E-state index < -0.39 is 0 Å². The molecule has 1 saturated heterocycles. The molecule has 2 amide bonds. The molecule has 0 spiro atoms. The highest BCUT2D eigenvalue weighted by Gasteiger charge is 2.34. The molecule has 31 heavy (non-hydrogen) atoms. The van der Waals surface area contributed by atoms with Gasteiger partial charge in [-0.25, -0.2) is 4.39 Å². The summed E-state index contributed by atoms with van der Waals surface area (Å²) < 4.78 is 13.2. The number of carbonyl (C=O) groups excluding carboxylic acids is 2. The van der Waals surface area contributed by atoms with E-state index in [2.05, 4.69) is 22.4 Å². The van der Waals surface area contributed by atoms with Gasteiger partial charge in [-0.15, -0.1) is 22.0 Å². The minimum Gasteiger partial charge on any atom is -0.312 e. The molecular weight excluding hydrogens is 435 g/mol. The number of benzene rings is 2. The molecule has 0 radical (unpaired) electrons. The van der Waals surface area contributed by atoms with E-state index in [0.717, 1.165) is 17.1 Å². The first kappa shape index (κ1) is 21.5. The second-order valence-corrected chi connectivity index (χ2v) is 9.27. The monoisotopic (exact) mass is 456 g/mol. The van der Waals surface area contributed by atoms with E-state index >= 15 is 0 Å². The average molecular weight is 457 g/mol. The van der Waals surface area contributed by atoms with Crippen LogP contribution < -0.4 is 10.2 Å². The maximum Gasteiger partial charge on any atom is 0.258 e. The Morgan fingerprint density at radius 3 is 2.77 bits per heavy atom. The molecule has 3 aromatic rings. The van der Waals surface area contributed by atoms with Gasteiger partial charge in [0.25, 0.3) is 5.91 Å². The minimum absolute atomic E-state index is 0.0423. The lowest BCUT2D eigenvalue weighted by atomic mass is 10.1. The molecule has 1 aliphatic rings. The maximum atomic E-state index is 13.2. The van der Waals surface area contributed by atoms with Gasteiger partial charge in [-0.2, -0.15) is 0 Å². The Balaban J connectivity index is 1.44. The lowest BCUT2D eigenvalue weighted by Gasteiger charge is -2.16. The molecule has 160 valence electrons. The van der Waals surface area contributed by atoms with E-state index in [9.17, 15) is 14.0 Å². The molecule has 2 heterocycles. The maximum absolute atomic E-state index is 13.2. The number of carbonyl (C=O) groups is 2. The van der Waals surface area contributed by atoms with Crippen molar-refractivity contribution in [3.63, 3.8) is 0 Å². The Morgan fingerprint density at radius 2 is 2.00 bits per heavy atom. The van der Waals surface area contributed by atoms with E-state index in [1.54, 1.807) is 34.9 Å². The summed E-state index contributed by atoms with van der Waals surface area (Å²) in [5.41, 5.74) is 1.27. The van der Waals surface area contributed by atoms with Crippen LogP contribution in [0.25, 0.3) is 0 Å². The smallest absolute Gasteiger partial charge is 0.258 e. The van der Waals surface area contributed by atoms with Gasteiger partial charge in [0.05, 0.1) is 5.56 Å². The van der Waals surface area contributed by atoms with E-state index in [1.807, 2.05) is 18.2 Å². The Labute approximate surface area is 187 Å². The van der Waals surface area contributed by atoms with Crippen LogP contribution in [0.5, 0.6) is 0 Å². The van der Waals surface area contributed by atoms with Crippen LogP contribution in [0.2, 0.25) is 0 Å². The predicted molar refractivity (Wildman–Crippen MR) is 121 cm³/mol. The normalized spacial score (nSPS) is 16.0. The van der Waals surface area contributed by atoms with Crippen LogP contribution in [-0.2, 0) is 4.79 Å². The van der Waals surface area contributed by atoms with Crippen molar-refractivity contribution in [2.75, 3.05) is 22.5 Å². The number of thioether (sulfide) groups is 1. The van der Waals surface area contributed by atoms with Gasteiger partial charge in [0.2, 0.25) is 11.0 Å². The summed E-state index contributed by atoms with van der Waals surface area (Å²) in [6.45, 7) is 2.55. The fourth-order valence-corrected chi connectivity index (χ4v) is 5.09. The third kappa shape index (κ3) is 4.94. The largest absolute Gasteiger partial charge is 0.312 e. The second-order valence-electron chi connectivity index (χ2n) is 7.13. The summed E-state index contributed by atoms with van der Waals surface area (Å²) in [5.74, 6) is 0.212. The fraction of sp³-hybridized carbons (Fsp3) is 0.273. The highest BCUT2D eigenvalue weighted by molar-refractivity contribution is 7.99. The molecule has 0 saturated carbocycles. The highest BCUT2D eigenvalue weighted by atomic mass is 32.2. The average Bonchev–Trinajstić information content (AvgIpc) is 3.39. The summed E-state index contributed by atoms with van der Waals surface area (Å²) in [7, 11) is 0. The number of hydrogen-bond acceptors (Lipinski definition) is 6. The zero-order valence-electron chi connectivity index (χ0n) is 16.9. The number of rotatable bonds is 7. The molecule has 9 heteroatoms.